The fourth-order valence-corrected chi connectivity index (χ4v) is 5.24. The van der Waals surface area contributed by atoms with E-state index in [0.717, 1.165) is 37.3 Å². The summed E-state index contributed by atoms with van der Waals surface area (Å²) < 4.78 is 15.2. The molecule has 0 bridgehead atoms. The fourth-order valence-electron chi connectivity index (χ4n) is 5.24. The Balaban J connectivity index is 1.61. The van der Waals surface area contributed by atoms with Crippen LogP contribution in [0.4, 0.5) is 10.1 Å². The van der Waals surface area contributed by atoms with Gasteiger partial charge in [-0.05, 0) is 86.1 Å². The maximum Gasteiger partial charge on any atom is 0.145 e. The van der Waals surface area contributed by atoms with E-state index in [1.54, 1.807) is 11.6 Å². The number of rotatable bonds is 4. The van der Waals surface area contributed by atoms with Crippen LogP contribution in [0, 0.1) is 17.7 Å². The monoisotopic (exact) mass is 402 g/mol. The van der Waals surface area contributed by atoms with Crippen molar-refractivity contribution in [2.75, 3.05) is 13.6 Å². The summed E-state index contributed by atoms with van der Waals surface area (Å²) in [6.45, 7) is 5.49. The molecule has 2 saturated carbocycles. The molecule has 1 heterocycles. The van der Waals surface area contributed by atoms with Crippen LogP contribution in [0.1, 0.15) is 57.4 Å². The number of likely N-dealkylation sites (N-methyl/N-ethyl adjacent to an activating group) is 1. The van der Waals surface area contributed by atoms with Gasteiger partial charge in [-0.25, -0.2) is 4.39 Å². The van der Waals surface area contributed by atoms with Gasteiger partial charge in [-0.2, -0.15) is 0 Å². The van der Waals surface area contributed by atoms with Crippen LogP contribution in [0.15, 0.2) is 77.1 Å². The maximum atomic E-state index is 14.5. The zero-order chi connectivity index (χ0) is 20.9. The van der Waals surface area contributed by atoms with E-state index >= 15 is 0 Å². The molecule has 2 atom stereocenters. The van der Waals surface area contributed by atoms with Crippen molar-refractivity contribution in [1.82, 2.24) is 4.48 Å². The second-order valence-electron chi connectivity index (χ2n) is 10.0. The van der Waals surface area contributed by atoms with Crippen molar-refractivity contribution in [1.29, 1.82) is 0 Å². The topological polar surface area (TPSA) is 0 Å². The van der Waals surface area contributed by atoms with Crippen LogP contribution in [0.25, 0.3) is 0 Å². The first-order chi connectivity index (χ1) is 14.5. The SMILES string of the molecule is CC1=CC=C(C2=CC=CCC(C)C(C3CC3)=C2)[N+](C)(c2ccc(F)c(C3CC3)c2)C1. The van der Waals surface area contributed by atoms with Crippen LogP contribution in [0.3, 0.4) is 0 Å². The fraction of sp³-hybridized carbons (Fsp3) is 0.429. The van der Waals surface area contributed by atoms with E-state index in [0.29, 0.717) is 16.3 Å². The van der Waals surface area contributed by atoms with Gasteiger partial charge in [-0.1, -0.05) is 30.7 Å². The Hall–Kier alpha value is -2.19. The Kier molecular flexibility index (Phi) is 4.94. The van der Waals surface area contributed by atoms with E-state index < -0.39 is 0 Å². The summed E-state index contributed by atoms with van der Waals surface area (Å²) in [7, 11) is 2.30. The molecule has 156 valence electrons. The van der Waals surface area contributed by atoms with Crippen LogP contribution in [0.5, 0.6) is 0 Å². The normalized spacial score (nSPS) is 29.4. The van der Waals surface area contributed by atoms with E-state index in [4.69, 9.17) is 0 Å². The second-order valence-corrected chi connectivity index (χ2v) is 10.0. The van der Waals surface area contributed by atoms with E-state index in [9.17, 15) is 4.39 Å². The molecule has 4 aliphatic rings. The van der Waals surface area contributed by atoms with Crippen LogP contribution < -0.4 is 4.48 Å². The molecule has 2 heteroatoms. The molecule has 0 N–H and O–H groups in total. The third kappa shape index (κ3) is 3.67. The molecule has 5 rings (SSSR count). The number of nitrogens with zero attached hydrogens (tertiary/aromatic N) is 1. The molecule has 1 nitrogen and oxygen atoms in total. The van der Waals surface area contributed by atoms with Crippen molar-refractivity contribution in [3.63, 3.8) is 0 Å². The predicted octanol–water partition coefficient (Wildman–Crippen LogP) is 7.34. The number of hydrogen-bond donors (Lipinski definition) is 0. The van der Waals surface area contributed by atoms with Gasteiger partial charge in [0.2, 0.25) is 0 Å². The molecular formula is C28H33FN+. The third-order valence-electron chi connectivity index (χ3n) is 7.33. The largest absolute Gasteiger partial charge is 0.257 e. The zero-order valence-electron chi connectivity index (χ0n) is 18.5. The molecule has 1 aromatic rings. The van der Waals surface area contributed by atoms with Crippen molar-refractivity contribution >= 4 is 5.69 Å². The molecule has 3 aliphatic carbocycles. The Labute approximate surface area is 180 Å². The van der Waals surface area contributed by atoms with Gasteiger partial charge in [0.15, 0.2) is 0 Å². The summed E-state index contributed by atoms with van der Waals surface area (Å²) >= 11 is 0. The molecule has 2 unspecified atom stereocenters. The van der Waals surface area contributed by atoms with E-state index in [1.807, 2.05) is 6.07 Å². The first-order valence-corrected chi connectivity index (χ1v) is 11.6. The lowest BCUT2D eigenvalue weighted by Crippen LogP contribution is -2.47. The molecule has 0 aromatic heterocycles. The molecule has 0 radical (unpaired) electrons. The van der Waals surface area contributed by atoms with Gasteiger partial charge in [-0.3, -0.25) is 4.48 Å². The van der Waals surface area contributed by atoms with Gasteiger partial charge in [-0.15, -0.1) is 0 Å². The summed E-state index contributed by atoms with van der Waals surface area (Å²) in [4.78, 5) is 0. The lowest BCUT2D eigenvalue weighted by molar-refractivity contribution is 0.441. The van der Waals surface area contributed by atoms with Gasteiger partial charge in [0.1, 0.15) is 23.7 Å². The summed E-state index contributed by atoms with van der Waals surface area (Å²) in [5.74, 6) is 1.74. The van der Waals surface area contributed by atoms with Crippen molar-refractivity contribution in [3.8, 4) is 0 Å². The molecule has 30 heavy (non-hydrogen) atoms. The number of halogens is 1. The van der Waals surface area contributed by atoms with Crippen molar-refractivity contribution < 1.29 is 4.39 Å². The van der Waals surface area contributed by atoms with E-state index in [2.05, 4.69) is 63.4 Å². The van der Waals surface area contributed by atoms with E-state index in [1.165, 1.54) is 35.4 Å². The van der Waals surface area contributed by atoms with Gasteiger partial charge >= 0.3 is 0 Å². The standard InChI is InChI=1S/C28H33FN/c1-19-8-15-28(23-7-5-4-6-20(2)25(16-23)21-9-10-21)30(3,18-19)24-13-14-27(29)26(17-24)22-11-12-22/h4-5,7-8,13-17,20-22H,6,9-12,18H2,1-3H3/q+1. The average molecular weight is 403 g/mol. The van der Waals surface area contributed by atoms with Crippen LogP contribution in [-0.2, 0) is 0 Å². The Morgan fingerprint density at radius 2 is 1.77 bits per heavy atom. The average Bonchev–Trinajstić information content (AvgIpc) is 3.60. The highest BCUT2D eigenvalue weighted by atomic mass is 19.1. The highest BCUT2D eigenvalue weighted by molar-refractivity contribution is 5.61. The second kappa shape index (κ2) is 7.50. The summed E-state index contributed by atoms with van der Waals surface area (Å²) in [5, 5.41) is 0. The molecule has 0 saturated heterocycles. The molecule has 0 spiro atoms. The molecule has 2 fully saturated rings. The molecular weight excluding hydrogens is 369 g/mol. The lowest BCUT2D eigenvalue weighted by Gasteiger charge is -2.39. The van der Waals surface area contributed by atoms with Crippen LogP contribution in [0.2, 0.25) is 0 Å². The molecule has 0 amide bonds. The van der Waals surface area contributed by atoms with E-state index in [-0.39, 0.29) is 5.82 Å². The van der Waals surface area contributed by atoms with Crippen molar-refractivity contribution in [3.05, 3.63) is 88.5 Å². The van der Waals surface area contributed by atoms with Gasteiger partial charge < -0.3 is 0 Å². The number of benzene rings is 1. The van der Waals surface area contributed by atoms with Crippen LogP contribution >= 0.6 is 0 Å². The minimum absolute atomic E-state index is 0.0412. The molecule has 1 aromatic carbocycles. The Bertz CT molecular complexity index is 1010. The third-order valence-corrected chi connectivity index (χ3v) is 7.33. The van der Waals surface area contributed by atoms with Crippen molar-refractivity contribution in [2.24, 2.45) is 11.8 Å². The quantitative estimate of drug-likeness (QED) is 0.462. The lowest BCUT2D eigenvalue weighted by atomic mass is 9.88. The number of allylic oxidation sites excluding steroid dienone is 7. The number of hydrogen-bond acceptors (Lipinski definition) is 0. The van der Waals surface area contributed by atoms with Crippen molar-refractivity contribution in [2.45, 2.75) is 51.9 Å². The summed E-state index contributed by atoms with van der Waals surface area (Å²) in [6, 6.07) is 5.84. The highest BCUT2D eigenvalue weighted by Crippen LogP contribution is 2.46. The summed E-state index contributed by atoms with van der Waals surface area (Å²) in [6.07, 6.45) is 19.9. The predicted molar refractivity (Wildman–Crippen MR) is 125 cm³/mol. The first-order valence-electron chi connectivity index (χ1n) is 11.6. The Morgan fingerprint density at radius 3 is 2.50 bits per heavy atom. The number of quaternary nitrogens is 1. The smallest absolute Gasteiger partial charge is 0.145 e. The molecule has 1 aliphatic heterocycles. The minimum atomic E-state index is -0.0412. The minimum Gasteiger partial charge on any atom is -0.257 e. The van der Waals surface area contributed by atoms with Gasteiger partial charge in [0.05, 0.1) is 7.05 Å². The Morgan fingerprint density at radius 1 is 1.00 bits per heavy atom. The van der Waals surface area contributed by atoms with Gasteiger partial charge in [0.25, 0.3) is 0 Å². The highest BCUT2D eigenvalue weighted by Gasteiger charge is 2.38. The summed E-state index contributed by atoms with van der Waals surface area (Å²) in [5.41, 5.74) is 7.70. The first kappa shape index (κ1) is 19.8. The zero-order valence-corrected chi connectivity index (χ0v) is 18.5. The maximum absolute atomic E-state index is 14.5. The van der Waals surface area contributed by atoms with Crippen LogP contribution in [-0.4, -0.2) is 13.6 Å². The van der Waals surface area contributed by atoms with Gasteiger partial charge in [0, 0.05) is 23.8 Å².